The van der Waals surface area contributed by atoms with Gasteiger partial charge in [-0.25, -0.2) is 8.42 Å². The van der Waals surface area contributed by atoms with Crippen LogP contribution in [0.3, 0.4) is 0 Å². The van der Waals surface area contributed by atoms with Crippen LogP contribution in [0, 0.1) is 5.92 Å². The lowest BCUT2D eigenvalue weighted by Gasteiger charge is -2.38. The number of rotatable bonds is 8. The number of benzene rings is 2. The summed E-state index contributed by atoms with van der Waals surface area (Å²) in [6.07, 6.45) is 2.27. The largest absolute Gasteiger partial charge is 0.486 e. The summed E-state index contributed by atoms with van der Waals surface area (Å²) >= 11 is 5.94. The SMILES string of the molecule is C[C@H]1CN([C@@H](C)CO)C(=O)c2cccc(NC(=O)c3ccncc3)c2O[C@H]1CN(C)S(=O)(=O)c1ccc(Cl)cc1. The molecule has 1 aliphatic heterocycles. The highest BCUT2D eigenvalue weighted by molar-refractivity contribution is 7.89. The third-order valence-corrected chi connectivity index (χ3v) is 8.93. The Labute approximate surface area is 238 Å². The highest BCUT2D eigenvalue weighted by Gasteiger charge is 2.36. The lowest BCUT2D eigenvalue weighted by molar-refractivity contribution is 0.0388. The number of hydrogen-bond donors (Lipinski definition) is 2. The van der Waals surface area contributed by atoms with Crippen LogP contribution < -0.4 is 10.1 Å². The van der Waals surface area contributed by atoms with Gasteiger partial charge in [0, 0.05) is 42.5 Å². The number of nitrogens with zero attached hydrogens (tertiary/aromatic N) is 3. The average molecular weight is 587 g/mol. The fraction of sp³-hybridized carbons (Fsp3) is 0.321. The Morgan fingerprint density at radius 1 is 1.20 bits per heavy atom. The molecule has 2 N–H and O–H groups in total. The standard InChI is InChI=1S/C28H31ClN4O6S/c1-18-15-33(19(2)17-34)28(36)23-5-4-6-24(31-27(35)20-11-13-30-14-12-20)26(23)39-25(18)16-32(3)40(37,38)22-9-7-21(29)8-10-22/h4-14,18-19,25,34H,15-17H2,1-3H3,(H,31,35)/t18-,19-,25-/m0/s1. The molecule has 10 nitrogen and oxygen atoms in total. The van der Waals surface area contributed by atoms with E-state index in [1.165, 1.54) is 48.0 Å². The summed E-state index contributed by atoms with van der Waals surface area (Å²) < 4.78 is 34.3. The molecule has 0 aliphatic carbocycles. The van der Waals surface area contributed by atoms with Crippen molar-refractivity contribution in [2.45, 2.75) is 30.9 Å². The highest BCUT2D eigenvalue weighted by atomic mass is 35.5. The van der Waals surface area contributed by atoms with E-state index in [1.54, 1.807) is 42.2 Å². The van der Waals surface area contributed by atoms with Gasteiger partial charge in [0.1, 0.15) is 6.10 Å². The number of amides is 2. The number of fused-ring (bicyclic) bond motifs is 1. The molecule has 0 saturated carbocycles. The quantitative estimate of drug-likeness (QED) is 0.413. The van der Waals surface area contributed by atoms with E-state index in [0.29, 0.717) is 10.6 Å². The maximum Gasteiger partial charge on any atom is 0.258 e. The molecule has 12 heteroatoms. The van der Waals surface area contributed by atoms with Gasteiger partial charge in [0.05, 0.1) is 35.3 Å². The number of halogens is 1. The van der Waals surface area contributed by atoms with Crippen molar-refractivity contribution in [2.75, 3.05) is 32.1 Å². The van der Waals surface area contributed by atoms with Crippen molar-refractivity contribution in [2.24, 2.45) is 5.92 Å². The van der Waals surface area contributed by atoms with Crippen LogP contribution in [-0.4, -0.2) is 78.4 Å². The van der Waals surface area contributed by atoms with E-state index in [-0.39, 0.29) is 53.4 Å². The number of ether oxygens (including phenoxy) is 1. The molecule has 3 atom stereocenters. The summed E-state index contributed by atoms with van der Waals surface area (Å²) in [6, 6.07) is 13.3. The predicted molar refractivity (Wildman–Crippen MR) is 151 cm³/mol. The molecule has 3 aromatic rings. The van der Waals surface area contributed by atoms with Crippen LogP contribution in [0.15, 0.2) is 71.9 Å². The lowest BCUT2D eigenvalue weighted by atomic mass is 9.99. The molecule has 4 rings (SSSR count). The Kier molecular flexibility index (Phi) is 9.09. The molecule has 1 aliphatic rings. The average Bonchev–Trinajstić information content (AvgIpc) is 2.95. The monoisotopic (exact) mass is 586 g/mol. The number of carbonyl (C=O) groups is 2. The minimum atomic E-state index is -3.89. The number of aliphatic hydroxyl groups is 1. The van der Waals surface area contributed by atoms with E-state index in [0.717, 1.165) is 0 Å². The van der Waals surface area contributed by atoms with Crippen molar-refractivity contribution in [3.05, 3.63) is 83.1 Å². The minimum Gasteiger partial charge on any atom is -0.486 e. The molecule has 1 aromatic heterocycles. The number of likely N-dealkylation sites (N-methyl/N-ethyl adjacent to an activating group) is 1. The van der Waals surface area contributed by atoms with Gasteiger partial charge < -0.3 is 20.1 Å². The number of sulfonamides is 1. The normalized spacial score (nSPS) is 18.4. The van der Waals surface area contributed by atoms with Crippen molar-refractivity contribution >= 4 is 39.1 Å². The van der Waals surface area contributed by atoms with Crippen LogP contribution in [0.4, 0.5) is 5.69 Å². The molecule has 0 radical (unpaired) electrons. The molecule has 40 heavy (non-hydrogen) atoms. The first-order valence-electron chi connectivity index (χ1n) is 12.7. The van der Waals surface area contributed by atoms with Gasteiger partial charge in [0.2, 0.25) is 10.0 Å². The first-order valence-corrected chi connectivity index (χ1v) is 14.5. The van der Waals surface area contributed by atoms with E-state index in [1.807, 2.05) is 6.92 Å². The van der Waals surface area contributed by atoms with Crippen molar-refractivity contribution in [1.29, 1.82) is 0 Å². The summed E-state index contributed by atoms with van der Waals surface area (Å²) in [5.41, 5.74) is 0.804. The molecule has 2 heterocycles. The summed E-state index contributed by atoms with van der Waals surface area (Å²) in [5.74, 6) is -1.03. The van der Waals surface area contributed by atoms with Crippen LogP contribution in [-0.2, 0) is 10.0 Å². The summed E-state index contributed by atoms with van der Waals surface area (Å²) in [4.78, 5) is 32.2. The lowest BCUT2D eigenvalue weighted by Crippen LogP contribution is -2.50. The third-order valence-electron chi connectivity index (χ3n) is 6.84. The van der Waals surface area contributed by atoms with Crippen LogP contribution in [0.5, 0.6) is 5.75 Å². The number of pyridine rings is 1. The maximum absolute atomic E-state index is 13.6. The van der Waals surface area contributed by atoms with Gasteiger partial charge in [-0.1, -0.05) is 24.6 Å². The molecular formula is C28H31ClN4O6S. The zero-order valence-electron chi connectivity index (χ0n) is 22.3. The third kappa shape index (κ3) is 6.28. The van der Waals surface area contributed by atoms with Crippen LogP contribution in [0.2, 0.25) is 5.02 Å². The molecule has 0 spiro atoms. The van der Waals surface area contributed by atoms with Gasteiger partial charge in [-0.05, 0) is 55.5 Å². The molecule has 0 saturated heterocycles. The van der Waals surface area contributed by atoms with Gasteiger partial charge in [-0.2, -0.15) is 4.31 Å². The molecule has 212 valence electrons. The maximum atomic E-state index is 13.6. The van der Waals surface area contributed by atoms with E-state index in [4.69, 9.17) is 16.3 Å². The van der Waals surface area contributed by atoms with Crippen LogP contribution in [0.25, 0.3) is 0 Å². The second-order valence-electron chi connectivity index (χ2n) is 9.73. The zero-order valence-corrected chi connectivity index (χ0v) is 23.9. The number of carbonyl (C=O) groups excluding carboxylic acids is 2. The van der Waals surface area contributed by atoms with Gasteiger partial charge in [0.25, 0.3) is 11.8 Å². The van der Waals surface area contributed by atoms with E-state index in [9.17, 15) is 23.1 Å². The predicted octanol–water partition coefficient (Wildman–Crippen LogP) is 3.53. The second kappa shape index (κ2) is 12.3. The Morgan fingerprint density at radius 2 is 1.88 bits per heavy atom. The van der Waals surface area contributed by atoms with Crippen molar-refractivity contribution in [3.8, 4) is 5.75 Å². The molecule has 0 bridgehead atoms. The fourth-order valence-corrected chi connectivity index (χ4v) is 5.70. The number of aromatic nitrogens is 1. The number of aliphatic hydroxyl groups excluding tert-OH is 1. The highest BCUT2D eigenvalue weighted by Crippen LogP contribution is 2.35. The first kappa shape index (κ1) is 29.5. The fourth-order valence-electron chi connectivity index (χ4n) is 4.40. The summed E-state index contributed by atoms with van der Waals surface area (Å²) in [7, 11) is -2.43. The van der Waals surface area contributed by atoms with Crippen molar-refractivity contribution in [1.82, 2.24) is 14.2 Å². The smallest absolute Gasteiger partial charge is 0.258 e. The summed E-state index contributed by atoms with van der Waals surface area (Å²) in [6.45, 7) is 3.48. The Balaban J connectivity index is 1.72. The molecule has 0 fully saturated rings. The number of para-hydroxylation sites is 1. The molecular weight excluding hydrogens is 556 g/mol. The van der Waals surface area contributed by atoms with E-state index < -0.39 is 28.1 Å². The topological polar surface area (TPSA) is 129 Å². The number of nitrogens with one attached hydrogen (secondary N) is 1. The van der Waals surface area contributed by atoms with Gasteiger partial charge >= 0.3 is 0 Å². The Bertz CT molecular complexity index is 1470. The van der Waals surface area contributed by atoms with Crippen LogP contribution in [0.1, 0.15) is 34.6 Å². The second-order valence-corrected chi connectivity index (χ2v) is 12.2. The first-order chi connectivity index (χ1) is 19.0. The van der Waals surface area contributed by atoms with Gasteiger partial charge in [0.15, 0.2) is 5.75 Å². The Hall–Kier alpha value is -3.51. The van der Waals surface area contributed by atoms with Gasteiger partial charge in [-0.15, -0.1) is 0 Å². The summed E-state index contributed by atoms with van der Waals surface area (Å²) in [5, 5.41) is 13.1. The van der Waals surface area contributed by atoms with Gasteiger partial charge in [-0.3, -0.25) is 14.6 Å². The zero-order chi connectivity index (χ0) is 29.0. The van der Waals surface area contributed by atoms with E-state index >= 15 is 0 Å². The molecule has 0 unspecified atom stereocenters. The van der Waals surface area contributed by atoms with Crippen molar-refractivity contribution in [3.63, 3.8) is 0 Å². The van der Waals surface area contributed by atoms with E-state index in [2.05, 4.69) is 10.3 Å². The number of anilines is 1. The van der Waals surface area contributed by atoms with Crippen molar-refractivity contribution < 1.29 is 27.9 Å². The molecule has 2 aromatic carbocycles. The number of hydrogen-bond acceptors (Lipinski definition) is 7. The Morgan fingerprint density at radius 3 is 2.52 bits per heavy atom. The van der Waals surface area contributed by atoms with Crippen LogP contribution >= 0.6 is 11.6 Å². The minimum absolute atomic E-state index is 0.0479. The molecule has 2 amide bonds.